The Morgan fingerprint density at radius 2 is 2.00 bits per heavy atom. The Labute approximate surface area is 191 Å². The normalized spacial score (nSPS) is 13.7. The second kappa shape index (κ2) is 8.32. The summed E-state index contributed by atoms with van der Waals surface area (Å²) in [5.74, 6) is -0.321. The number of anilines is 1. The molecular weight excluding hydrogens is 449 g/mol. The van der Waals surface area contributed by atoms with Crippen LogP contribution in [0.2, 0.25) is 0 Å². The number of fused-ring (bicyclic) bond motifs is 1. The topological polar surface area (TPSA) is 107 Å². The highest BCUT2D eigenvalue weighted by Crippen LogP contribution is 2.41. The predicted molar refractivity (Wildman–Crippen MR) is 117 cm³/mol. The summed E-state index contributed by atoms with van der Waals surface area (Å²) >= 11 is 0. The second-order valence-corrected chi connectivity index (χ2v) is 8.00. The third-order valence-corrected chi connectivity index (χ3v) is 5.40. The van der Waals surface area contributed by atoms with Crippen LogP contribution in [0.3, 0.4) is 0 Å². The summed E-state index contributed by atoms with van der Waals surface area (Å²) in [6.45, 7) is 0.0349. The molecule has 0 aliphatic heterocycles. The lowest BCUT2D eigenvalue weighted by Crippen LogP contribution is -2.24. The first-order valence-electron chi connectivity index (χ1n) is 10.5. The van der Waals surface area contributed by atoms with Crippen molar-refractivity contribution in [3.05, 3.63) is 71.7 Å². The van der Waals surface area contributed by atoms with E-state index >= 15 is 0 Å². The number of rotatable bonds is 6. The van der Waals surface area contributed by atoms with Gasteiger partial charge in [-0.2, -0.15) is 4.98 Å². The van der Waals surface area contributed by atoms with E-state index in [2.05, 4.69) is 25.1 Å². The molecule has 1 aliphatic rings. The van der Waals surface area contributed by atoms with Gasteiger partial charge in [-0.15, -0.1) is 18.3 Å². The third kappa shape index (κ3) is 4.77. The van der Waals surface area contributed by atoms with Crippen molar-refractivity contribution >= 4 is 17.5 Å². The maximum absolute atomic E-state index is 13.1. The van der Waals surface area contributed by atoms with Gasteiger partial charge in [-0.25, -0.2) is 4.52 Å². The smallest absolute Gasteiger partial charge is 0.406 e. The van der Waals surface area contributed by atoms with E-state index in [-0.39, 0.29) is 30.1 Å². The fourth-order valence-electron chi connectivity index (χ4n) is 3.71. The van der Waals surface area contributed by atoms with Gasteiger partial charge in [0.25, 0.3) is 5.91 Å². The number of nitrogens with two attached hydrogens (primary N) is 1. The molecule has 34 heavy (non-hydrogen) atoms. The van der Waals surface area contributed by atoms with Crippen molar-refractivity contribution in [1.29, 1.82) is 0 Å². The number of nitrogens with one attached hydrogen (secondary N) is 1. The Bertz CT molecular complexity index is 1380. The molecule has 5 rings (SSSR count). The largest absolute Gasteiger partial charge is 0.573 e. The van der Waals surface area contributed by atoms with Crippen LogP contribution in [-0.4, -0.2) is 31.9 Å². The molecule has 174 valence electrons. The molecule has 0 atom stereocenters. The van der Waals surface area contributed by atoms with Gasteiger partial charge in [0, 0.05) is 30.4 Å². The van der Waals surface area contributed by atoms with Crippen molar-refractivity contribution < 1.29 is 22.7 Å². The highest BCUT2D eigenvalue weighted by molar-refractivity contribution is 5.96. The molecule has 1 aromatic carbocycles. The summed E-state index contributed by atoms with van der Waals surface area (Å²) in [5.41, 5.74) is 9.35. The number of hydrogen-bond acceptors (Lipinski definition) is 6. The van der Waals surface area contributed by atoms with Gasteiger partial charge in [0.1, 0.15) is 5.75 Å². The van der Waals surface area contributed by atoms with E-state index in [1.54, 1.807) is 35.1 Å². The molecule has 0 bridgehead atoms. The number of nitrogens with zero attached hydrogens (tertiary/aromatic N) is 4. The van der Waals surface area contributed by atoms with Gasteiger partial charge < -0.3 is 15.8 Å². The van der Waals surface area contributed by atoms with E-state index in [0.717, 1.165) is 24.0 Å². The molecule has 11 heteroatoms. The molecule has 0 radical (unpaired) electrons. The van der Waals surface area contributed by atoms with E-state index in [9.17, 15) is 18.0 Å². The molecule has 1 amide bonds. The molecule has 8 nitrogen and oxygen atoms in total. The standard InChI is InChI=1S/C23H19F3N6O2/c24-23(25,26)34-17-3-1-2-13(8-17)11-29-21(33)18-9-16(12-28-20(18)14-4-5-14)15-6-7-32-19(10-15)30-22(27)31-32/h1-3,6-10,12,14H,4-5,11H2,(H2,27,31)(H,29,33). The molecule has 4 aromatic rings. The summed E-state index contributed by atoms with van der Waals surface area (Å²) in [6.07, 6.45) is 0.559. The fraction of sp³-hybridized carbons (Fsp3) is 0.217. The van der Waals surface area contributed by atoms with Crippen molar-refractivity contribution in [1.82, 2.24) is 24.9 Å². The zero-order valence-corrected chi connectivity index (χ0v) is 17.7. The Hall–Kier alpha value is -4.15. The molecule has 1 saturated carbocycles. The first-order chi connectivity index (χ1) is 16.2. The van der Waals surface area contributed by atoms with Crippen LogP contribution in [0.5, 0.6) is 5.75 Å². The monoisotopic (exact) mass is 468 g/mol. The van der Waals surface area contributed by atoms with Crippen LogP contribution in [0.4, 0.5) is 19.1 Å². The molecule has 0 unspecified atom stereocenters. The van der Waals surface area contributed by atoms with Crippen LogP contribution in [0, 0.1) is 0 Å². The number of amides is 1. The maximum Gasteiger partial charge on any atom is 0.573 e. The Morgan fingerprint density at radius 1 is 1.18 bits per heavy atom. The number of halogens is 3. The molecule has 3 aromatic heterocycles. The predicted octanol–water partition coefficient (Wildman–Crippen LogP) is 4.08. The van der Waals surface area contributed by atoms with Crippen LogP contribution in [0.25, 0.3) is 16.8 Å². The van der Waals surface area contributed by atoms with Crippen LogP contribution in [0.15, 0.2) is 54.9 Å². The van der Waals surface area contributed by atoms with Crippen LogP contribution in [0.1, 0.15) is 40.4 Å². The van der Waals surface area contributed by atoms with E-state index in [1.807, 2.05) is 6.07 Å². The van der Waals surface area contributed by atoms with Crippen molar-refractivity contribution in [3.8, 4) is 16.9 Å². The SMILES string of the molecule is Nc1nc2cc(-c3cnc(C4CC4)c(C(=O)NCc4cccc(OC(F)(F)F)c4)c3)ccn2n1. The Morgan fingerprint density at radius 3 is 2.76 bits per heavy atom. The average Bonchev–Trinajstić information content (AvgIpc) is 3.56. The lowest BCUT2D eigenvalue weighted by molar-refractivity contribution is -0.274. The maximum atomic E-state index is 13.1. The van der Waals surface area contributed by atoms with Gasteiger partial charge in [-0.3, -0.25) is 9.78 Å². The molecule has 3 heterocycles. The summed E-state index contributed by atoms with van der Waals surface area (Å²) in [5, 5.41) is 6.83. The zero-order valence-electron chi connectivity index (χ0n) is 17.7. The van der Waals surface area contributed by atoms with Gasteiger partial charge >= 0.3 is 6.36 Å². The van der Waals surface area contributed by atoms with Gasteiger partial charge in [0.05, 0.1) is 11.3 Å². The first-order valence-corrected chi connectivity index (χ1v) is 10.5. The third-order valence-electron chi connectivity index (χ3n) is 5.40. The number of benzene rings is 1. The molecular formula is C23H19F3N6O2. The minimum absolute atomic E-state index is 0.0349. The van der Waals surface area contributed by atoms with Crippen molar-refractivity contribution in [2.75, 3.05) is 5.73 Å². The number of hydrogen-bond donors (Lipinski definition) is 2. The summed E-state index contributed by atoms with van der Waals surface area (Å²) in [6, 6.07) is 10.9. The van der Waals surface area contributed by atoms with Crippen molar-refractivity contribution in [3.63, 3.8) is 0 Å². The summed E-state index contributed by atoms with van der Waals surface area (Å²) in [7, 11) is 0. The summed E-state index contributed by atoms with van der Waals surface area (Å²) in [4.78, 5) is 21.8. The van der Waals surface area contributed by atoms with E-state index in [0.29, 0.717) is 22.5 Å². The first kappa shape index (κ1) is 21.7. The Balaban J connectivity index is 1.38. The summed E-state index contributed by atoms with van der Waals surface area (Å²) < 4.78 is 43.0. The lowest BCUT2D eigenvalue weighted by Gasteiger charge is -2.13. The van der Waals surface area contributed by atoms with Crippen LogP contribution >= 0.6 is 0 Å². The molecule has 3 N–H and O–H groups in total. The number of nitrogen functional groups attached to an aromatic ring is 1. The fourth-order valence-corrected chi connectivity index (χ4v) is 3.71. The average molecular weight is 468 g/mol. The highest BCUT2D eigenvalue weighted by Gasteiger charge is 2.31. The van der Waals surface area contributed by atoms with Gasteiger partial charge in [0.2, 0.25) is 5.95 Å². The van der Waals surface area contributed by atoms with E-state index in [1.165, 1.54) is 18.2 Å². The number of pyridine rings is 2. The van der Waals surface area contributed by atoms with Crippen LogP contribution < -0.4 is 15.8 Å². The minimum atomic E-state index is -4.78. The van der Waals surface area contributed by atoms with Crippen LogP contribution in [-0.2, 0) is 6.54 Å². The van der Waals surface area contributed by atoms with E-state index < -0.39 is 6.36 Å². The van der Waals surface area contributed by atoms with Crippen molar-refractivity contribution in [2.24, 2.45) is 0 Å². The highest BCUT2D eigenvalue weighted by atomic mass is 19.4. The number of alkyl halides is 3. The molecule has 1 fully saturated rings. The van der Waals surface area contributed by atoms with Gasteiger partial charge in [-0.05, 0) is 54.3 Å². The second-order valence-electron chi connectivity index (χ2n) is 8.00. The molecule has 1 aliphatic carbocycles. The molecule has 0 spiro atoms. The number of ether oxygens (including phenoxy) is 1. The van der Waals surface area contributed by atoms with Gasteiger partial charge in [0.15, 0.2) is 5.65 Å². The zero-order chi connectivity index (χ0) is 23.9. The number of carbonyl (C=O) groups excluding carboxylic acids is 1. The van der Waals surface area contributed by atoms with Gasteiger partial charge in [-0.1, -0.05) is 12.1 Å². The Kier molecular flexibility index (Phi) is 5.31. The minimum Gasteiger partial charge on any atom is -0.406 e. The van der Waals surface area contributed by atoms with E-state index in [4.69, 9.17) is 5.73 Å². The quantitative estimate of drug-likeness (QED) is 0.442. The number of carbonyl (C=O) groups is 1. The number of aromatic nitrogens is 4. The van der Waals surface area contributed by atoms with Crippen molar-refractivity contribution in [2.45, 2.75) is 31.7 Å². The lowest BCUT2D eigenvalue weighted by atomic mass is 10.0. The molecule has 0 saturated heterocycles.